The van der Waals surface area contributed by atoms with Crippen molar-refractivity contribution in [1.29, 1.82) is 0 Å². The summed E-state index contributed by atoms with van der Waals surface area (Å²) in [5.74, 6) is 0. The summed E-state index contributed by atoms with van der Waals surface area (Å²) in [7, 11) is 0. The second-order valence-corrected chi connectivity index (χ2v) is 3.45. The number of halogens is 1. The standard InChI is InChI=1S/C9H8BrN3/c1-7-9(10)12-13(11-7)8-5-3-2-4-6-8/h2-6H,1H3. The highest BCUT2D eigenvalue weighted by atomic mass is 79.9. The quantitative estimate of drug-likeness (QED) is 0.763. The third-order valence-corrected chi connectivity index (χ3v) is 2.45. The lowest BCUT2D eigenvalue weighted by Crippen LogP contribution is -1.97. The van der Waals surface area contributed by atoms with E-state index in [0.717, 1.165) is 16.0 Å². The molecule has 0 atom stereocenters. The lowest BCUT2D eigenvalue weighted by Gasteiger charge is -1.96. The van der Waals surface area contributed by atoms with Crippen LogP contribution in [0, 0.1) is 6.92 Å². The van der Waals surface area contributed by atoms with E-state index in [0.29, 0.717) is 0 Å². The first-order chi connectivity index (χ1) is 6.27. The summed E-state index contributed by atoms with van der Waals surface area (Å²) >= 11 is 3.32. The van der Waals surface area contributed by atoms with Crippen molar-refractivity contribution < 1.29 is 0 Å². The fourth-order valence-corrected chi connectivity index (χ4v) is 1.27. The van der Waals surface area contributed by atoms with Crippen LogP contribution in [0.5, 0.6) is 0 Å². The molecule has 0 aliphatic rings. The van der Waals surface area contributed by atoms with Crippen molar-refractivity contribution >= 4 is 15.9 Å². The number of benzene rings is 1. The molecule has 0 radical (unpaired) electrons. The average Bonchev–Trinajstić information content (AvgIpc) is 2.49. The van der Waals surface area contributed by atoms with Gasteiger partial charge in [0.05, 0.1) is 11.4 Å². The summed E-state index contributed by atoms with van der Waals surface area (Å²) in [6.45, 7) is 1.91. The predicted octanol–water partition coefficient (Wildman–Crippen LogP) is 2.34. The van der Waals surface area contributed by atoms with Crippen LogP contribution in [0.15, 0.2) is 34.9 Å². The molecule has 0 aliphatic heterocycles. The van der Waals surface area contributed by atoms with Gasteiger partial charge in [-0.15, -0.1) is 5.10 Å². The van der Waals surface area contributed by atoms with E-state index in [-0.39, 0.29) is 0 Å². The highest BCUT2D eigenvalue weighted by Gasteiger charge is 2.03. The van der Waals surface area contributed by atoms with Gasteiger partial charge in [-0.25, -0.2) is 0 Å². The maximum Gasteiger partial charge on any atom is 0.151 e. The highest BCUT2D eigenvalue weighted by Crippen LogP contribution is 2.12. The fourth-order valence-electron chi connectivity index (χ4n) is 1.04. The van der Waals surface area contributed by atoms with Crippen molar-refractivity contribution in [2.45, 2.75) is 6.92 Å². The van der Waals surface area contributed by atoms with Gasteiger partial charge in [-0.2, -0.15) is 9.90 Å². The first-order valence-electron chi connectivity index (χ1n) is 3.92. The molecular weight excluding hydrogens is 230 g/mol. The molecule has 0 saturated carbocycles. The maximum absolute atomic E-state index is 4.24. The molecule has 0 amide bonds. The maximum atomic E-state index is 4.24. The molecule has 1 aromatic heterocycles. The highest BCUT2D eigenvalue weighted by molar-refractivity contribution is 9.10. The van der Waals surface area contributed by atoms with Crippen molar-refractivity contribution in [3.05, 3.63) is 40.6 Å². The van der Waals surface area contributed by atoms with E-state index < -0.39 is 0 Å². The molecule has 1 aromatic carbocycles. The second kappa shape index (κ2) is 3.30. The zero-order chi connectivity index (χ0) is 9.26. The molecule has 3 nitrogen and oxygen atoms in total. The first-order valence-corrected chi connectivity index (χ1v) is 4.71. The molecule has 0 spiro atoms. The summed E-state index contributed by atoms with van der Waals surface area (Å²) < 4.78 is 0.788. The Hall–Kier alpha value is -1.16. The Labute approximate surface area is 84.5 Å². The lowest BCUT2D eigenvalue weighted by molar-refractivity contribution is 0.743. The van der Waals surface area contributed by atoms with Gasteiger partial charge in [0, 0.05) is 0 Å². The second-order valence-electron chi connectivity index (χ2n) is 2.70. The van der Waals surface area contributed by atoms with Gasteiger partial charge in [-0.05, 0) is 35.0 Å². The number of hydrogen-bond donors (Lipinski definition) is 0. The molecule has 2 rings (SSSR count). The first kappa shape index (κ1) is 8.44. The third-order valence-electron chi connectivity index (χ3n) is 1.71. The van der Waals surface area contributed by atoms with Crippen LogP contribution >= 0.6 is 15.9 Å². The van der Waals surface area contributed by atoms with Crippen LogP contribution in [-0.2, 0) is 0 Å². The summed E-state index contributed by atoms with van der Waals surface area (Å²) in [5.41, 5.74) is 1.86. The lowest BCUT2D eigenvalue weighted by atomic mass is 10.3. The van der Waals surface area contributed by atoms with E-state index in [2.05, 4.69) is 26.1 Å². The molecular formula is C9H8BrN3. The average molecular weight is 238 g/mol. The number of rotatable bonds is 1. The van der Waals surface area contributed by atoms with Crippen LogP contribution in [0.2, 0.25) is 0 Å². The van der Waals surface area contributed by atoms with Crippen LogP contribution in [-0.4, -0.2) is 15.0 Å². The van der Waals surface area contributed by atoms with Crippen molar-refractivity contribution in [3.8, 4) is 5.69 Å². The van der Waals surface area contributed by atoms with Gasteiger partial charge in [-0.1, -0.05) is 18.2 Å². The van der Waals surface area contributed by atoms with E-state index in [9.17, 15) is 0 Å². The van der Waals surface area contributed by atoms with Crippen molar-refractivity contribution in [3.63, 3.8) is 0 Å². The number of para-hydroxylation sites is 1. The van der Waals surface area contributed by atoms with Crippen LogP contribution in [0.3, 0.4) is 0 Å². The minimum atomic E-state index is 0.788. The molecule has 1 heterocycles. The van der Waals surface area contributed by atoms with E-state index in [1.54, 1.807) is 4.80 Å². The van der Waals surface area contributed by atoms with E-state index in [1.807, 2.05) is 37.3 Å². The monoisotopic (exact) mass is 237 g/mol. The van der Waals surface area contributed by atoms with E-state index in [4.69, 9.17) is 0 Å². The smallest absolute Gasteiger partial charge is 0.151 e. The molecule has 0 saturated heterocycles. The van der Waals surface area contributed by atoms with Gasteiger partial charge in [0.25, 0.3) is 0 Å². The fraction of sp³-hybridized carbons (Fsp3) is 0.111. The van der Waals surface area contributed by atoms with Gasteiger partial charge in [-0.3, -0.25) is 0 Å². The Kier molecular flexibility index (Phi) is 2.14. The van der Waals surface area contributed by atoms with Gasteiger partial charge in [0.1, 0.15) is 0 Å². The van der Waals surface area contributed by atoms with Gasteiger partial charge < -0.3 is 0 Å². The predicted molar refractivity (Wildman–Crippen MR) is 53.8 cm³/mol. The van der Waals surface area contributed by atoms with Gasteiger partial charge in [0.2, 0.25) is 0 Å². The summed E-state index contributed by atoms with van der Waals surface area (Å²) in [5, 5.41) is 8.44. The van der Waals surface area contributed by atoms with Crippen molar-refractivity contribution in [2.24, 2.45) is 0 Å². The summed E-state index contributed by atoms with van der Waals surface area (Å²) in [6.07, 6.45) is 0. The summed E-state index contributed by atoms with van der Waals surface area (Å²) in [4.78, 5) is 1.61. The van der Waals surface area contributed by atoms with Crippen molar-refractivity contribution in [1.82, 2.24) is 15.0 Å². The molecule has 2 aromatic rings. The van der Waals surface area contributed by atoms with E-state index >= 15 is 0 Å². The zero-order valence-corrected chi connectivity index (χ0v) is 8.69. The van der Waals surface area contributed by atoms with Crippen LogP contribution in [0.1, 0.15) is 5.69 Å². The van der Waals surface area contributed by atoms with Crippen molar-refractivity contribution in [2.75, 3.05) is 0 Å². The largest absolute Gasteiger partial charge is 0.152 e. The van der Waals surface area contributed by atoms with Crippen LogP contribution in [0.25, 0.3) is 5.69 Å². The topological polar surface area (TPSA) is 30.7 Å². The molecule has 13 heavy (non-hydrogen) atoms. The molecule has 0 N–H and O–H groups in total. The Balaban J connectivity index is 2.48. The molecule has 0 aliphatic carbocycles. The molecule has 4 heteroatoms. The Morgan fingerprint density at radius 1 is 1.15 bits per heavy atom. The minimum Gasteiger partial charge on any atom is -0.152 e. The minimum absolute atomic E-state index is 0.788. The molecule has 66 valence electrons. The molecule has 0 bridgehead atoms. The Morgan fingerprint density at radius 3 is 2.38 bits per heavy atom. The van der Waals surface area contributed by atoms with E-state index in [1.165, 1.54) is 0 Å². The van der Waals surface area contributed by atoms with Gasteiger partial charge >= 0.3 is 0 Å². The Bertz CT molecular complexity index is 389. The summed E-state index contributed by atoms with van der Waals surface area (Å²) in [6, 6.07) is 9.82. The zero-order valence-electron chi connectivity index (χ0n) is 7.11. The number of aryl methyl sites for hydroxylation is 1. The number of hydrogen-bond acceptors (Lipinski definition) is 2. The number of aromatic nitrogens is 3. The SMILES string of the molecule is Cc1nn(-c2ccccc2)nc1Br. The number of nitrogens with zero attached hydrogens (tertiary/aromatic N) is 3. The van der Waals surface area contributed by atoms with Crippen LogP contribution in [0.4, 0.5) is 0 Å². The Morgan fingerprint density at radius 2 is 1.85 bits per heavy atom. The molecule has 0 fully saturated rings. The normalized spacial score (nSPS) is 10.3. The van der Waals surface area contributed by atoms with Gasteiger partial charge in [0.15, 0.2) is 4.60 Å². The molecule has 0 unspecified atom stereocenters. The van der Waals surface area contributed by atoms with Crippen LogP contribution < -0.4 is 0 Å². The third kappa shape index (κ3) is 1.62.